The lowest BCUT2D eigenvalue weighted by Crippen LogP contribution is -2.10. The van der Waals surface area contributed by atoms with Gasteiger partial charge in [-0.25, -0.2) is 9.82 Å². The molecule has 3 rings (SSSR count). The summed E-state index contributed by atoms with van der Waals surface area (Å²) in [5, 5.41) is 0.544. The molecule has 0 aromatic heterocycles. The Morgan fingerprint density at radius 1 is 1.35 bits per heavy atom. The highest BCUT2D eigenvalue weighted by molar-refractivity contribution is 6.32. The first kappa shape index (κ1) is 12.7. The predicted octanol–water partition coefficient (Wildman–Crippen LogP) is 4.06. The second-order valence-corrected chi connectivity index (χ2v) is 4.74. The maximum absolute atomic E-state index is 14.1. The van der Waals surface area contributed by atoms with Gasteiger partial charge in [-0.05, 0) is 37.0 Å². The molecule has 2 aliphatic rings. The fraction of sp³-hybridized carbons (Fsp3) is 0.538. The van der Waals surface area contributed by atoms with E-state index in [1.165, 1.54) is 0 Å². The maximum atomic E-state index is 14.1. The molecule has 0 saturated heterocycles. The van der Waals surface area contributed by atoms with Crippen molar-refractivity contribution in [2.24, 2.45) is 0 Å². The van der Waals surface area contributed by atoms with Gasteiger partial charge in [0.25, 0.3) is 0 Å². The highest BCUT2D eigenvalue weighted by atomic mass is 35.5. The topological polar surface area (TPSA) is 24.1 Å². The molecule has 2 N–H and O–H groups in total. The Balaban J connectivity index is 0.000000514. The van der Waals surface area contributed by atoms with E-state index in [0.29, 0.717) is 23.4 Å². The number of anilines is 1. The van der Waals surface area contributed by atoms with E-state index in [1.807, 2.05) is 26.8 Å². The molecule has 1 aromatic rings. The van der Waals surface area contributed by atoms with Crippen molar-refractivity contribution in [2.45, 2.75) is 45.8 Å². The molecular formula is C13H18ClFN2. The maximum Gasteiger partial charge on any atom is 0.138 e. The second-order valence-electron chi connectivity index (χ2n) is 4.33. The summed E-state index contributed by atoms with van der Waals surface area (Å²) in [6.07, 6.45) is 1.21. The van der Waals surface area contributed by atoms with Gasteiger partial charge in [-0.15, -0.1) is 0 Å². The van der Waals surface area contributed by atoms with E-state index in [9.17, 15) is 4.39 Å². The van der Waals surface area contributed by atoms with Gasteiger partial charge in [0.1, 0.15) is 5.67 Å². The molecule has 0 spiro atoms. The summed E-state index contributed by atoms with van der Waals surface area (Å²) in [6.45, 7) is 6.69. The van der Waals surface area contributed by atoms with Gasteiger partial charge in [-0.1, -0.05) is 25.4 Å². The van der Waals surface area contributed by atoms with E-state index in [4.69, 9.17) is 11.6 Å². The number of hydrazine groups is 1. The largest absolute Gasteiger partial charge is 0.321 e. The fourth-order valence-electron chi connectivity index (χ4n) is 2.29. The molecule has 1 saturated carbocycles. The van der Waals surface area contributed by atoms with Gasteiger partial charge >= 0.3 is 0 Å². The van der Waals surface area contributed by atoms with Crippen molar-refractivity contribution < 1.29 is 4.39 Å². The minimum atomic E-state index is -1.15. The SMILES string of the molecule is CC.Cc1c2c(cc(Cl)c1C1(F)CC1)NNC2. The van der Waals surface area contributed by atoms with Crippen LogP contribution in [0.5, 0.6) is 0 Å². The molecule has 94 valence electrons. The average molecular weight is 257 g/mol. The molecule has 1 aliphatic carbocycles. The van der Waals surface area contributed by atoms with Crippen LogP contribution in [0.25, 0.3) is 0 Å². The number of hydrogen-bond acceptors (Lipinski definition) is 2. The summed E-state index contributed by atoms with van der Waals surface area (Å²) in [5.41, 5.74) is 8.71. The lowest BCUT2D eigenvalue weighted by Gasteiger charge is -2.15. The number of rotatable bonds is 1. The summed E-state index contributed by atoms with van der Waals surface area (Å²) < 4.78 is 14.1. The number of alkyl halides is 1. The smallest absolute Gasteiger partial charge is 0.138 e. The zero-order chi connectivity index (χ0) is 12.6. The third-order valence-corrected chi connectivity index (χ3v) is 3.59. The molecule has 1 fully saturated rings. The molecule has 1 aromatic carbocycles. The van der Waals surface area contributed by atoms with Crippen molar-refractivity contribution in [2.75, 3.05) is 5.43 Å². The van der Waals surface area contributed by atoms with E-state index < -0.39 is 5.67 Å². The van der Waals surface area contributed by atoms with Crippen LogP contribution in [0.4, 0.5) is 10.1 Å². The lowest BCUT2D eigenvalue weighted by atomic mass is 9.96. The molecular weight excluding hydrogens is 239 g/mol. The Labute approximate surface area is 107 Å². The van der Waals surface area contributed by atoms with E-state index in [0.717, 1.165) is 23.4 Å². The van der Waals surface area contributed by atoms with Gasteiger partial charge in [0.2, 0.25) is 0 Å². The molecule has 0 unspecified atom stereocenters. The normalized spacial score (nSPS) is 18.9. The summed E-state index contributed by atoms with van der Waals surface area (Å²) in [6, 6.07) is 1.82. The van der Waals surface area contributed by atoms with Crippen molar-refractivity contribution in [3.63, 3.8) is 0 Å². The van der Waals surface area contributed by atoms with Gasteiger partial charge < -0.3 is 5.43 Å². The summed E-state index contributed by atoms with van der Waals surface area (Å²) in [7, 11) is 0. The first-order chi connectivity index (χ1) is 8.12. The highest BCUT2D eigenvalue weighted by Gasteiger charge is 2.48. The monoisotopic (exact) mass is 256 g/mol. The zero-order valence-corrected chi connectivity index (χ0v) is 11.2. The summed E-state index contributed by atoms with van der Waals surface area (Å²) in [4.78, 5) is 0. The molecule has 0 amide bonds. The van der Waals surface area contributed by atoms with Crippen molar-refractivity contribution in [3.05, 3.63) is 27.8 Å². The van der Waals surface area contributed by atoms with Crippen molar-refractivity contribution in [3.8, 4) is 0 Å². The second kappa shape index (κ2) is 4.46. The Hall–Kier alpha value is -0.800. The van der Waals surface area contributed by atoms with Crippen LogP contribution in [-0.4, -0.2) is 0 Å². The highest BCUT2D eigenvalue weighted by Crippen LogP contribution is 2.54. The van der Waals surface area contributed by atoms with Crippen LogP contribution in [-0.2, 0) is 12.2 Å². The molecule has 0 bridgehead atoms. The number of benzene rings is 1. The minimum Gasteiger partial charge on any atom is -0.321 e. The molecule has 2 nitrogen and oxygen atoms in total. The van der Waals surface area contributed by atoms with Crippen LogP contribution >= 0.6 is 11.6 Å². The number of nitrogens with one attached hydrogen (secondary N) is 2. The summed E-state index contributed by atoms with van der Waals surface area (Å²) >= 11 is 6.13. The van der Waals surface area contributed by atoms with Gasteiger partial charge in [0, 0.05) is 17.1 Å². The molecule has 1 aliphatic heterocycles. The van der Waals surface area contributed by atoms with Crippen LogP contribution in [0, 0.1) is 6.92 Å². The first-order valence-corrected chi connectivity index (χ1v) is 6.50. The Morgan fingerprint density at radius 2 is 2.00 bits per heavy atom. The predicted molar refractivity (Wildman–Crippen MR) is 70.0 cm³/mol. The van der Waals surface area contributed by atoms with Crippen LogP contribution in [0.3, 0.4) is 0 Å². The minimum absolute atomic E-state index is 0.544. The first-order valence-electron chi connectivity index (χ1n) is 6.12. The number of halogens is 2. The number of fused-ring (bicyclic) bond motifs is 1. The van der Waals surface area contributed by atoms with E-state index in [-0.39, 0.29) is 0 Å². The van der Waals surface area contributed by atoms with Crippen LogP contribution < -0.4 is 10.9 Å². The van der Waals surface area contributed by atoms with Gasteiger partial charge in [-0.3, -0.25) is 0 Å². The quantitative estimate of drug-likeness (QED) is 0.792. The van der Waals surface area contributed by atoms with Gasteiger partial charge in [0.05, 0.1) is 5.69 Å². The molecule has 1 heterocycles. The van der Waals surface area contributed by atoms with Crippen molar-refractivity contribution in [1.29, 1.82) is 0 Å². The Bertz CT molecular complexity index is 442. The van der Waals surface area contributed by atoms with Crippen molar-refractivity contribution in [1.82, 2.24) is 5.43 Å². The Morgan fingerprint density at radius 3 is 2.59 bits per heavy atom. The Kier molecular flexibility index (Phi) is 3.32. The number of hydrogen-bond donors (Lipinski definition) is 2. The molecule has 17 heavy (non-hydrogen) atoms. The third kappa shape index (κ3) is 2.02. The average Bonchev–Trinajstić information content (AvgIpc) is 2.87. The standard InChI is InChI=1S/C11H12ClFN2.C2H6/c1-6-7-5-14-15-9(7)4-8(12)10(6)11(13)2-3-11;1-2/h4,14-15H,2-3,5H2,1H3;1-2H3. The van der Waals surface area contributed by atoms with E-state index >= 15 is 0 Å². The van der Waals surface area contributed by atoms with Gasteiger partial charge in [-0.2, -0.15) is 0 Å². The van der Waals surface area contributed by atoms with Crippen LogP contribution in [0.15, 0.2) is 6.07 Å². The fourth-order valence-corrected chi connectivity index (χ4v) is 2.72. The van der Waals surface area contributed by atoms with Crippen LogP contribution in [0.1, 0.15) is 43.4 Å². The lowest BCUT2D eigenvalue weighted by molar-refractivity contribution is 0.316. The van der Waals surface area contributed by atoms with E-state index in [1.54, 1.807) is 0 Å². The molecule has 0 atom stereocenters. The zero-order valence-electron chi connectivity index (χ0n) is 10.5. The summed E-state index contributed by atoms with van der Waals surface area (Å²) in [5.74, 6) is 0. The van der Waals surface area contributed by atoms with E-state index in [2.05, 4.69) is 10.9 Å². The molecule has 0 radical (unpaired) electrons. The van der Waals surface area contributed by atoms with Gasteiger partial charge in [0.15, 0.2) is 0 Å². The van der Waals surface area contributed by atoms with Crippen molar-refractivity contribution >= 4 is 17.3 Å². The van der Waals surface area contributed by atoms with Crippen LogP contribution in [0.2, 0.25) is 5.02 Å². The third-order valence-electron chi connectivity index (χ3n) is 3.29. The molecule has 4 heteroatoms.